The molecular formula is C30H32F2N4O5. The number of fused-ring (bicyclic) bond motifs is 1. The number of aromatic nitrogens is 1. The highest BCUT2D eigenvalue weighted by Gasteiger charge is 2.32. The van der Waals surface area contributed by atoms with Gasteiger partial charge in [-0.05, 0) is 49.3 Å². The Morgan fingerprint density at radius 3 is 2.63 bits per heavy atom. The summed E-state index contributed by atoms with van der Waals surface area (Å²) in [4.78, 5) is 38.8. The number of halogens is 2. The molecule has 1 amide bonds. The molecule has 3 aromatic rings. The number of carboxylic acid groups (broad SMARTS) is 1. The van der Waals surface area contributed by atoms with Crippen molar-refractivity contribution in [3.63, 3.8) is 0 Å². The molecule has 2 fully saturated rings. The average molecular weight is 567 g/mol. The van der Waals surface area contributed by atoms with Crippen LogP contribution in [-0.2, 0) is 11.2 Å². The first-order chi connectivity index (χ1) is 19.7. The van der Waals surface area contributed by atoms with Crippen LogP contribution in [0.25, 0.3) is 10.9 Å². The van der Waals surface area contributed by atoms with Gasteiger partial charge < -0.3 is 30.4 Å². The molecule has 5 rings (SSSR count). The van der Waals surface area contributed by atoms with Crippen molar-refractivity contribution in [3.8, 4) is 5.75 Å². The number of hydrogen-bond acceptors (Lipinski definition) is 6. The molecule has 1 saturated carbocycles. The Morgan fingerprint density at radius 2 is 1.98 bits per heavy atom. The quantitative estimate of drug-likeness (QED) is 0.361. The van der Waals surface area contributed by atoms with Gasteiger partial charge in [0, 0.05) is 25.3 Å². The van der Waals surface area contributed by atoms with E-state index in [1.165, 1.54) is 13.3 Å². The zero-order chi connectivity index (χ0) is 29.3. The number of anilines is 1. The zero-order valence-electron chi connectivity index (χ0n) is 22.7. The molecule has 0 unspecified atom stereocenters. The van der Waals surface area contributed by atoms with E-state index in [2.05, 4.69) is 5.32 Å². The predicted octanol–water partition coefficient (Wildman–Crippen LogP) is 3.69. The summed E-state index contributed by atoms with van der Waals surface area (Å²) in [5, 5.41) is 12.0. The van der Waals surface area contributed by atoms with E-state index in [1.54, 1.807) is 9.47 Å². The van der Waals surface area contributed by atoms with Crippen molar-refractivity contribution in [2.45, 2.75) is 44.2 Å². The van der Waals surface area contributed by atoms with Gasteiger partial charge in [0.1, 0.15) is 17.1 Å². The molecule has 1 aliphatic carbocycles. The number of nitrogens with one attached hydrogen (secondary N) is 1. The number of methoxy groups -OCH3 is 1. The Kier molecular flexibility index (Phi) is 8.07. The third-order valence-corrected chi connectivity index (χ3v) is 7.61. The van der Waals surface area contributed by atoms with Crippen LogP contribution in [0.1, 0.15) is 47.6 Å². The van der Waals surface area contributed by atoms with Gasteiger partial charge in [0.2, 0.25) is 11.3 Å². The summed E-state index contributed by atoms with van der Waals surface area (Å²) < 4.78 is 38.3. The van der Waals surface area contributed by atoms with E-state index < -0.39 is 40.6 Å². The van der Waals surface area contributed by atoms with Gasteiger partial charge in [-0.25, -0.2) is 13.6 Å². The summed E-state index contributed by atoms with van der Waals surface area (Å²) in [5.74, 6) is -3.04. The molecule has 4 N–H and O–H groups in total. The van der Waals surface area contributed by atoms with Crippen LogP contribution in [0.5, 0.6) is 5.75 Å². The second kappa shape index (κ2) is 11.7. The molecule has 2 aromatic carbocycles. The molecule has 1 aromatic heterocycles. The lowest BCUT2D eigenvalue weighted by molar-refractivity contribution is -0.122. The topological polar surface area (TPSA) is 127 Å². The highest BCUT2D eigenvalue weighted by Crippen LogP contribution is 2.44. The number of carbonyl (C=O) groups is 2. The molecule has 0 radical (unpaired) electrons. The summed E-state index contributed by atoms with van der Waals surface area (Å²) in [6.07, 6.45) is 4.14. The molecular weight excluding hydrogens is 534 g/mol. The van der Waals surface area contributed by atoms with Crippen molar-refractivity contribution < 1.29 is 28.2 Å². The minimum atomic E-state index is -1.39. The molecule has 11 heteroatoms. The number of aromatic carboxylic acids is 1. The molecule has 41 heavy (non-hydrogen) atoms. The Labute approximate surface area is 235 Å². The number of nitrogens with zero attached hydrogens (tertiary/aromatic N) is 2. The second-order valence-electron chi connectivity index (χ2n) is 10.5. The Bertz CT molecular complexity index is 1580. The molecule has 2 aliphatic rings. The van der Waals surface area contributed by atoms with Gasteiger partial charge in [0.05, 0.1) is 30.6 Å². The van der Waals surface area contributed by atoms with Crippen molar-refractivity contribution in [3.05, 3.63) is 81.2 Å². The maximum absolute atomic E-state index is 15.7. The summed E-state index contributed by atoms with van der Waals surface area (Å²) in [7, 11) is 1.36. The molecule has 1 saturated heterocycles. The maximum atomic E-state index is 15.7. The van der Waals surface area contributed by atoms with Gasteiger partial charge >= 0.3 is 5.97 Å². The average Bonchev–Trinajstić information content (AvgIpc) is 3.81. The van der Waals surface area contributed by atoms with Gasteiger partial charge in [0.25, 0.3) is 0 Å². The van der Waals surface area contributed by atoms with Gasteiger partial charge in [0.15, 0.2) is 11.6 Å². The fraction of sp³-hybridized carbons (Fsp3) is 0.367. The number of pyridine rings is 1. The third kappa shape index (κ3) is 5.81. The largest absolute Gasteiger partial charge is 0.492 e. The highest BCUT2D eigenvalue weighted by molar-refractivity contribution is 5.97. The minimum absolute atomic E-state index is 0.0328. The minimum Gasteiger partial charge on any atom is -0.492 e. The molecule has 0 spiro atoms. The van der Waals surface area contributed by atoms with Crippen molar-refractivity contribution >= 4 is 28.5 Å². The van der Waals surface area contributed by atoms with Crippen LogP contribution in [0.15, 0.2) is 58.8 Å². The first-order valence-electron chi connectivity index (χ1n) is 13.6. The number of carboxylic acids is 1. The molecule has 2 heterocycles. The molecule has 1 atom stereocenters. The maximum Gasteiger partial charge on any atom is 0.341 e. The number of carbonyl (C=O) groups excluding carboxylic acids is 1. The van der Waals surface area contributed by atoms with E-state index in [0.29, 0.717) is 36.9 Å². The Morgan fingerprint density at radius 1 is 1.24 bits per heavy atom. The van der Waals surface area contributed by atoms with Gasteiger partial charge in [-0.15, -0.1) is 0 Å². The molecule has 216 valence electrons. The Hall–Kier alpha value is -4.25. The van der Waals surface area contributed by atoms with E-state index in [-0.39, 0.29) is 36.0 Å². The number of hydrogen-bond donors (Lipinski definition) is 3. The standard InChI is InChI=1S/C30H32F2N4O5/c1-41-28-25-20(27(37)21(30(39)40)16-36(25)19-9-10-19)13-22(31)26(28)35-11-5-8-18(15-35)23(32)14-34-29(38)24(33)12-17-6-3-2-4-7-17/h2-4,6-7,13,16,19,24H,5,8-12,14-15,33H2,1H3,(H,34,38)(H,39,40)/b23-18+/t24-/m0/s1. The number of amides is 1. The van der Waals surface area contributed by atoms with Crippen LogP contribution in [0, 0.1) is 5.82 Å². The smallest absolute Gasteiger partial charge is 0.341 e. The van der Waals surface area contributed by atoms with E-state index in [9.17, 15) is 19.5 Å². The van der Waals surface area contributed by atoms with Crippen LogP contribution < -0.4 is 26.1 Å². The van der Waals surface area contributed by atoms with E-state index in [0.717, 1.165) is 24.5 Å². The summed E-state index contributed by atoms with van der Waals surface area (Å²) >= 11 is 0. The van der Waals surface area contributed by atoms with Crippen molar-refractivity contribution in [1.29, 1.82) is 0 Å². The first-order valence-corrected chi connectivity index (χ1v) is 13.6. The summed E-state index contributed by atoms with van der Waals surface area (Å²) in [6, 6.07) is 9.47. The Balaban J connectivity index is 1.41. The molecule has 0 bridgehead atoms. The van der Waals surface area contributed by atoms with Crippen molar-refractivity contribution in [2.75, 3.05) is 31.6 Å². The SMILES string of the molecule is COc1c(N2CCC/C(=C(\F)CNC(=O)[C@@H](N)Cc3ccccc3)C2)c(F)cc2c(=O)c(C(=O)O)cn(C3CC3)c12. The van der Waals surface area contributed by atoms with Crippen molar-refractivity contribution in [1.82, 2.24) is 9.88 Å². The van der Waals surface area contributed by atoms with Crippen LogP contribution in [-0.4, -0.2) is 54.3 Å². The normalized spacial score (nSPS) is 17.3. The molecule has 9 nitrogen and oxygen atoms in total. The van der Waals surface area contributed by atoms with Gasteiger partial charge in [-0.2, -0.15) is 0 Å². The summed E-state index contributed by atoms with van der Waals surface area (Å²) in [6.45, 7) is 0.128. The number of benzene rings is 2. The predicted molar refractivity (Wildman–Crippen MR) is 151 cm³/mol. The number of rotatable bonds is 9. The van der Waals surface area contributed by atoms with E-state index >= 15 is 8.78 Å². The molecule has 1 aliphatic heterocycles. The zero-order valence-corrected chi connectivity index (χ0v) is 22.7. The monoisotopic (exact) mass is 566 g/mol. The number of nitrogens with two attached hydrogens (primary N) is 1. The van der Waals surface area contributed by atoms with Crippen LogP contribution in [0.4, 0.5) is 14.5 Å². The lowest BCUT2D eigenvalue weighted by Gasteiger charge is -2.33. The fourth-order valence-corrected chi connectivity index (χ4v) is 5.39. The van der Waals surface area contributed by atoms with E-state index in [1.807, 2.05) is 30.3 Å². The van der Waals surface area contributed by atoms with Gasteiger partial charge in [-0.3, -0.25) is 9.59 Å². The summed E-state index contributed by atoms with van der Waals surface area (Å²) in [5.41, 5.74) is 6.49. The van der Waals surface area contributed by atoms with Crippen LogP contribution in [0.3, 0.4) is 0 Å². The highest BCUT2D eigenvalue weighted by atomic mass is 19.1. The third-order valence-electron chi connectivity index (χ3n) is 7.61. The van der Waals surface area contributed by atoms with E-state index in [4.69, 9.17) is 10.5 Å². The van der Waals surface area contributed by atoms with Crippen LogP contribution in [0.2, 0.25) is 0 Å². The lowest BCUT2D eigenvalue weighted by Crippen LogP contribution is -2.42. The van der Waals surface area contributed by atoms with Gasteiger partial charge in [-0.1, -0.05) is 30.3 Å². The van der Waals surface area contributed by atoms with Crippen molar-refractivity contribution in [2.24, 2.45) is 5.73 Å². The lowest BCUT2D eigenvalue weighted by atomic mass is 10.0. The fourth-order valence-electron chi connectivity index (χ4n) is 5.39. The number of piperidine rings is 1. The second-order valence-corrected chi connectivity index (χ2v) is 10.5. The first kappa shape index (κ1) is 28.3. The number of ether oxygens (including phenoxy) is 1. The van der Waals surface area contributed by atoms with Crippen LogP contribution >= 0.6 is 0 Å².